The van der Waals surface area contributed by atoms with Gasteiger partial charge in [-0.15, -0.1) is 23.1 Å². The molecule has 2 aromatic carbocycles. The minimum atomic E-state index is -0.924. The van der Waals surface area contributed by atoms with Crippen LogP contribution < -0.4 is 10.6 Å². The second-order valence-corrected chi connectivity index (χ2v) is 11.9. The fourth-order valence-corrected chi connectivity index (χ4v) is 6.66. The lowest BCUT2D eigenvalue weighted by molar-refractivity contribution is -0.120. The molecule has 1 saturated carbocycles. The van der Waals surface area contributed by atoms with Gasteiger partial charge >= 0.3 is 6.09 Å². The van der Waals surface area contributed by atoms with Crippen molar-refractivity contribution in [2.24, 2.45) is 0 Å². The lowest BCUT2D eigenvalue weighted by Gasteiger charge is -2.28. The molecule has 9 nitrogen and oxygen atoms in total. The molecule has 0 radical (unpaired) electrons. The molecule has 2 N–H and O–H groups in total. The zero-order valence-corrected chi connectivity index (χ0v) is 23.9. The van der Waals surface area contributed by atoms with Crippen molar-refractivity contribution < 1.29 is 23.5 Å². The summed E-state index contributed by atoms with van der Waals surface area (Å²) in [6, 6.07) is 17.2. The maximum Gasteiger partial charge on any atom is 0.412 e. The smallest absolute Gasteiger partial charge is 0.412 e. The Balaban J connectivity index is 1.16. The standard InChI is InChI=1S/C30H26FN5O4S2/c31-23-14-32-13-12-22(23)28-36(30(39)40-15-18-4-2-1-3-5-18)25(17-41-28)27(38)35-29-34-24(16-42-29)19-6-8-20(9-7-19)26(37)33-21-10-11-21/h1-9,12-14,16,21,25,28H,10-11,15,17H2,(H,33,37)(H,34,35,38)/t25-,28?/m0/s1. The number of halogens is 1. The molecule has 2 fully saturated rings. The van der Waals surface area contributed by atoms with Crippen LogP contribution in [-0.2, 0) is 16.1 Å². The van der Waals surface area contributed by atoms with Gasteiger partial charge in [-0.3, -0.25) is 19.5 Å². The third kappa shape index (κ3) is 6.29. The third-order valence-corrected chi connectivity index (χ3v) is 8.94. The first-order chi connectivity index (χ1) is 20.5. The summed E-state index contributed by atoms with van der Waals surface area (Å²) in [6.07, 6.45) is 3.84. The number of thiazole rings is 1. The van der Waals surface area contributed by atoms with Gasteiger partial charge in [-0.2, -0.15) is 0 Å². The molecule has 1 aliphatic carbocycles. The van der Waals surface area contributed by atoms with E-state index in [2.05, 4.69) is 20.6 Å². The first kappa shape index (κ1) is 27.9. The fraction of sp³-hybridized carbons (Fsp3) is 0.233. The lowest BCUT2D eigenvalue weighted by Crippen LogP contribution is -2.45. The van der Waals surface area contributed by atoms with Crippen LogP contribution in [0, 0.1) is 5.82 Å². The van der Waals surface area contributed by atoms with Gasteiger partial charge in [-0.25, -0.2) is 14.2 Å². The molecule has 4 aromatic rings. The molecule has 0 spiro atoms. The number of pyridine rings is 1. The van der Waals surface area contributed by atoms with Crippen LogP contribution in [0.3, 0.4) is 0 Å². The molecule has 3 heterocycles. The minimum absolute atomic E-state index is 0.0115. The van der Waals surface area contributed by atoms with E-state index in [1.165, 1.54) is 40.3 Å². The van der Waals surface area contributed by atoms with Gasteiger partial charge in [0.05, 0.1) is 11.9 Å². The van der Waals surface area contributed by atoms with Crippen LogP contribution in [0.2, 0.25) is 0 Å². The minimum Gasteiger partial charge on any atom is -0.444 e. The van der Waals surface area contributed by atoms with E-state index in [0.29, 0.717) is 16.4 Å². The van der Waals surface area contributed by atoms with Crippen molar-refractivity contribution in [2.45, 2.75) is 36.9 Å². The highest BCUT2D eigenvalue weighted by atomic mass is 32.2. The van der Waals surface area contributed by atoms with Gasteiger partial charge < -0.3 is 15.4 Å². The number of ether oxygens (including phenoxy) is 1. The molecule has 0 bridgehead atoms. The van der Waals surface area contributed by atoms with Crippen molar-refractivity contribution in [3.63, 3.8) is 0 Å². The van der Waals surface area contributed by atoms with E-state index in [4.69, 9.17) is 4.74 Å². The largest absolute Gasteiger partial charge is 0.444 e. The second kappa shape index (κ2) is 12.3. The number of nitrogens with zero attached hydrogens (tertiary/aromatic N) is 3. The van der Waals surface area contributed by atoms with Gasteiger partial charge in [0.15, 0.2) is 5.13 Å². The normalized spacial score (nSPS) is 18.0. The monoisotopic (exact) mass is 603 g/mol. The number of hydrogen-bond donors (Lipinski definition) is 2. The van der Waals surface area contributed by atoms with E-state index < -0.39 is 29.2 Å². The molecule has 12 heteroatoms. The number of benzene rings is 2. The van der Waals surface area contributed by atoms with Gasteiger partial charge in [0.2, 0.25) is 5.91 Å². The summed E-state index contributed by atoms with van der Waals surface area (Å²) in [5.74, 6) is -0.885. The Morgan fingerprint density at radius 1 is 1.05 bits per heavy atom. The Bertz CT molecular complexity index is 1600. The number of hydrogen-bond acceptors (Lipinski definition) is 8. The highest BCUT2D eigenvalue weighted by molar-refractivity contribution is 7.99. The van der Waals surface area contributed by atoms with Crippen LogP contribution in [0.1, 0.15) is 39.7 Å². The van der Waals surface area contributed by atoms with Gasteiger partial charge in [-0.05, 0) is 36.6 Å². The number of amides is 3. The van der Waals surface area contributed by atoms with E-state index >= 15 is 0 Å². The van der Waals surface area contributed by atoms with Crippen LogP contribution in [0.15, 0.2) is 78.4 Å². The molecule has 42 heavy (non-hydrogen) atoms. The average Bonchev–Trinajstić information content (AvgIpc) is 3.51. The van der Waals surface area contributed by atoms with Crippen molar-refractivity contribution in [1.29, 1.82) is 0 Å². The van der Waals surface area contributed by atoms with Crippen LogP contribution in [-0.4, -0.2) is 50.6 Å². The molecule has 1 aliphatic heterocycles. The summed E-state index contributed by atoms with van der Waals surface area (Å²) in [6.45, 7) is 0.0115. The summed E-state index contributed by atoms with van der Waals surface area (Å²) in [5.41, 5.74) is 3.05. The maximum atomic E-state index is 14.7. The Morgan fingerprint density at radius 2 is 1.83 bits per heavy atom. The Kier molecular flexibility index (Phi) is 8.15. The lowest BCUT2D eigenvalue weighted by atomic mass is 10.1. The number of rotatable bonds is 8. The molecular formula is C30H26FN5O4S2. The summed E-state index contributed by atoms with van der Waals surface area (Å²) in [4.78, 5) is 48.7. The molecule has 6 rings (SSSR count). The highest BCUT2D eigenvalue weighted by Crippen LogP contribution is 2.43. The molecule has 214 valence electrons. The molecule has 2 atom stereocenters. The molecule has 2 aliphatic rings. The summed E-state index contributed by atoms with van der Waals surface area (Å²) in [5, 5.41) is 7.17. The first-order valence-electron chi connectivity index (χ1n) is 13.3. The number of carbonyl (C=O) groups excluding carboxylic acids is 3. The summed E-state index contributed by atoms with van der Waals surface area (Å²) < 4.78 is 20.3. The number of aromatic nitrogens is 2. The van der Waals surface area contributed by atoms with Crippen LogP contribution in [0.4, 0.5) is 14.3 Å². The van der Waals surface area contributed by atoms with Crippen LogP contribution in [0.25, 0.3) is 11.3 Å². The van der Waals surface area contributed by atoms with Gasteiger partial charge in [0.1, 0.15) is 23.8 Å². The molecule has 1 unspecified atom stereocenters. The van der Waals surface area contributed by atoms with Crippen molar-refractivity contribution in [2.75, 3.05) is 11.1 Å². The van der Waals surface area contributed by atoms with Gasteiger partial charge in [0.25, 0.3) is 5.91 Å². The molecule has 2 aromatic heterocycles. The van der Waals surface area contributed by atoms with E-state index in [-0.39, 0.29) is 29.9 Å². The number of anilines is 1. The Labute approximate surface area is 249 Å². The van der Waals surface area contributed by atoms with Crippen molar-refractivity contribution in [1.82, 2.24) is 20.2 Å². The quantitative estimate of drug-likeness (QED) is 0.269. The van der Waals surface area contributed by atoms with E-state index in [9.17, 15) is 18.8 Å². The van der Waals surface area contributed by atoms with Crippen molar-refractivity contribution in [3.05, 3.63) is 101 Å². The number of thioether (sulfide) groups is 1. The Hall–Kier alpha value is -4.29. The zero-order valence-electron chi connectivity index (χ0n) is 22.2. The summed E-state index contributed by atoms with van der Waals surface area (Å²) in [7, 11) is 0. The van der Waals surface area contributed by atoms with E-state index in [0.717, 1.165) is 30.2 Å². The van der Waals surface area contributed by atoms with E-state index in [1.807, 2.05) is 42.5 Å². The van der Waals surface area contributed by atoms with E-state index in [1.54, 1.807) is 17.5 Å². The second-order valence-electron chi connectivity index (χ2n) is 9.90. The van der Waals surface area contributed by atoms with Gasteiger partial charge in [0, 0.05) is 40.1 Å². The number of nitrogens with one attached hydrogen (secondary N) is 2. The van der Waals surface area contributed by atoms with Crippen LogP contribution in [0.5, 0.6) is 0 Å². The predicted molar refractivity (Wildman–Crippen MR) is 158 cm³/mol. The zero-order chi connectivity index (χ0) is 29.1. The van der Waals surface area contributed by atoms with Crippen molar-refractivity contribution >= 4 is 46.1 Å². The van der Waals surface area contributed by atoms with Gasteiger partial charge in [-0.1, -0.05) is 42.5 Å². The van der Waals surface area contributed by atoms with Crippen molar-refractivity contribution in [3.8, 4) is 11.3 Å². The fourth-order valence-electron chi connectivity index (χ4n) is 4.49. The SMILES string of the molecule is O=C(NC1CC1)c1ccc(-c2csc(NC(=O)[C@@H]3CSC(c4ccncc4F)N3C(=O)OCc3ccccc3)n2)cc1. The summed E-state index contributed by atoms with van der Waals surface area (Å²) >= 11 is 2.52. The first-order valence-corrected chi connectivity index (χ1v) is 15.3. The highest BCUT2D eigenvalue weighted by Gasteiger charge is 2.44. The maximum absolute atomic E-state index is 14.7. The predicted octanol–water partition coefficient (Wildman–Crippen LogP) is 5.63. The average molecular weight is 604 g/mol. The molecule has 3 amide bonds. The third-order valence-electron chi connectivity index (χ3n) is 6.88. The molecule has 1 saturated heterocycles. The molecular weight excluding hydrogens is 577 g/mol. The Morgan fingerprint density at radius 3 is 2.57 bits per heavy atom. The van der Waals surface area contributed by atoms with Crippen LogP contribution >= 0.6 is 23.1 Å². The topological polar surface area (TPSA) is 114 Å². The number of carbonyl (C=O) groups is 3.